The van der Waals surface area contributed by atoms with Gasteiger partial charge in [0.2, 0.25) is 11.8 Å². The van der Waals surface area contributed by atoms with Gasteiger partial charge in [0.25, 0.3) is 10.0 Å². The normalized spacial score (nSPS) is 12.7. The summed E-state index contributed by atoms with van der Waals surface area (Å²) < 4.78 is 34.3. The van der Waals surface area contributed by atoms with E-state index in [1.807, 2.05) is 52.0 Å². The number of ether oxygens (including phenoxy) is 1. The molecule has 2 amide bonds. The van der Waals surface area contributed by atoms with Crippen molar-refractivity contribution in [3.8, 4) is 5.75 Å². The molecule has 0 radical (unpaired) electrons. The second-order valence-electron chi connectivity index (χ2n) is 9.76. The molecule has 214 valence electrons. The van der Waals surface area contributed by atoms with E-state index in [0.29, 0.717) is 18.0 Å². The number of nitrogens with one attached hydrogen (secondary N) is 1. The van der Waals surface area contributed by atoms with Crippen molar-refractivity contribution in [1.29, 1.82) is 0 Å². The standard InChI is InChI=1S/C31H39N3O5S/c1-6-24(4)32-31(36)25(5)33(21-26-13-11-12-23(3)20-26)30(35)22-34(27-14-9-8-10-15-27)40(37,38)29-18-16-28(17-19-29)39-7-2/h8-20,24-25H,6-7,21-22H2,1-5H3,(H,32,36). The van der Waals surface area contributed by atoms with E-state index >= 15 is 0 Å². The number of nitrogens with zero attached hydrogens (tertiary/aromatic N) is 2. The molecule has 8 nitrogen and oxygen atoms in total. The van der Waals surface area contributed by atoms with E-state index in [0.717, 1.165) is 21.9 Å². The van der Waals surface area contributed by atoms with E-state index in [2.05, 4.69) is 5.32 Å². The molecule has 3 aromatic carbocycles. The van der Waals surface area contributed by atoms with Crippen LogP contribution in [0, 0.1) is 6.92 Å². The van der Waals surface area contributed by atoms with Crippen LogP contribution in [0.1, 0.15) is 45.2 Å². The quantitative estimate of drug-likeness (QED) is 0.317. The molecule has 3 rings (SSSR count). The molecule has 0 fully saturated rings. The fourth-order valence-electron chi connectivity index (χ4n) is 4.18. The number of para-hydroxylation sites is 1. The Kier molecular flexibility index (Phi) is 10.7. The maximum atomic E-state index is 14.0. The van der Waals surface area contributed by atoms with E-state index in [1.165, 1.54) is 17.0 Å². The Morgan fingerprint density at radius 2 is 1.60 bits per heavy atom. The van der Waals surface area contributed by atoms with Crippen LogP contribution in [0.3, 0.4) is 0 Å². The van der Waals surface area contributed by atoms with Crippen molar-refractivity contribution >= 4 is 27.5 Å². The van der Waals surface area contributed by atoms with Gasteiger partial charge in [-0.05, 0) is 76.1 Å². The van der Waals surface area contributed by atoms with Crippen LogP contribution in [0.5, 0.6) is 5.75 Å². The van der Waals surface area contributed by atoms with Crippen molar-refractivity contribution in [3.63, 3.8) is 0 Å². The van der Waals surface area contributed by atoms with Gasteiger partial charge in [-0.25, -0.2) is 8.42 Å². The summed E-state index contributed by atoms with van der Waals surface area (Å²) in [5, 5.41) is 2.94. The highest BCUT2D eigenvalue weighted by molar-refractivity contribution is 7.92. The predicted octanol–water partition coefficient (Wildman–Crippen LogP) is 4.92. The van der Waals surface area contributed by atoms with E-state index in [1.54, 1.807) is 49.4 Å². The molecule has 0 aliphatic rings. The fourth-order valence-corrected chi connectivity index (χ4v) is 5.59. The largest absolute Gasteiger partial charge is 0.494 e. The Labute approximate surface area is 238 Å². The van der Waals surface area contributed by atoms with Gasteiger partial charge in [0.1, 0.15) is 18.3 Å². The number of hydrogen-bond acceptors (Lipinski definition) is 5. The SMILES string of the molecule is CCOc1ccc(S(=O)(=O)N(CC(=O)N(Cc2cccc(C)c2)C(C)C(=O)NC(C)CC)c2ccccc2)cc1. The van der Waals surface area contributed by atoms with Gasteiger partial charge in [0.15, 0.2) is 0 Å². The highest BCUT2D eigenvalue weighted by Crippen LogP contribution is 2.26. The summed E-state index contributed by atoms with van der Waals surface area (Å²) in [7, 11) is -4.13. The third-order valence-corrected chi connectivity index (χ3v) is 8.44. The summed E-state index contributed by atoms with van der Waals surface area (Å²) in [5.41, 5.74) is 2.21. The van der Waals surface area contributed by atoms with Crippen molar-refractivity contribution in [1.82, 2.24) is 10.2 Å². The zero-order valence-electron chi connectivity index (χ0n) is 23.8. The first-order chi connectivity index (χ1) is 19.1. The lowest BCUT2D eigenvalue weighted by Crippen LogP contribution is -2.52. The number of carbonyl (C=O) groups excluding carboxylic acids is 2. The molecule has 0 aromatic heterocycles. The molecule has 0 saturated heterocycles. The average molecular weight is 566 g/mol. The van der Waals surface area contributed by atoms with Crippen LogP contribution in [0.2, 0.25) is 0 Å². The molecule has 40 heavy (non-hydrogen) atoms. The van der Waals surface area contributed by atoms with Crippen LogP contribution < -0.4 is 14.4 Å². The first-order valence-corrected chi connectivity index (χ1v) is 15.0. The summed E-state index contributed by atoms with van der Waals surface area (Å²) in [6, 6.07) is 21.4. The number of amides is 2. The molecule has 0 heterocycles. The van der Waals surface area contributed by atoms with Gasteiger partial charge in [-0.1, -0.05) is 55.0 Å². The molecule has 0 bridgehead atoms. The van der Waals surface area contributed by atoms with Crippen LogP contribution in [0.15, 0.2) is 83.8 Å². The van der Waals surface area contributed by atoms with Crippen molar-refractivity contribution in [2.75, 3.05) is 17.5 Å². The topological polar surface area (TPSA) is 96.0 Å². The number of sulfonamides is 1. The molecule has 0 aliphatic carbocycles. The fraction of sp³-hybridized carbons (Fsp3) is 0.355. The number of aryl methyl sites for hydroxylation is 1. The third kappa shape index (κ3) is 7.85. The summed E-state index contributed by atoms with van der Waals surface area (Å²) in [6.07, 6.45) is 0.742. The average Bonchev–Trinajstić information content (AvgIpc) is 2.95. The molecule has 0 saturated carbocycles. The van der Waals surface area contributed by atoms with Gasteiger partial charge in [-0.15, -0.1) is 0 Å². The molecular formula is C31H39N3O5S. The second-order valence-corrected chi connectivity index (χ2v) is 11.6. The lowest BCUT2D eigenvalue weighted by Gasteiger charge is -2.32. The van der Waals surface area contributed by atoms with Crippen molar-refractivity contribution in [2.24, 2.45) is 0 Å². The molecular weight excluding hydrogens is 526 g/mol. The second kappa shape index (κ2) is 14.0. The predicted molar refractivity (Wildman–Crippen MR) is 158 cm³/mol. The van der Waals surface area contributed by atoms with Crippen LogP contribution in [0.25, 0.3) is 0 Å². The number of carbonyl (C=O) groups is 2. The van der Waals surface area contributed by atoms with Crippen LogP contribution in [-0.4, -0.2) is 50.4 Å². The van der Waals surface area contributed by atoms with Crippen LogP contribution in [0.4, 0.5) is 5.69 Å². The van der Waals surface area contributed by atoms with E-state index < -0.39 is 28.5 Å². The minimum atomic E-state index is -4.13. The van der Waals surface area contributed by atoms with Crippen LogP contribution >= 0.6 is 0 Å². The monoisotopic (exact) mass is 565 g/mol. The lowest BCUT2D eigenvalue weighted by atomic mass is 10.1. The molecule has 0 spiro atoms. The molecule has 3 aromatic rings. The van der Waals surface area contributed by atoms with Gasteiger partial charge in [-0.2, -0.15) is 0 Å². The Hall–Kier alpha value is -3.85. The van der Waals surface area contributed by atoms with Crippen molar-refractivity contribution in [3.05, 3.63) is 90.0 Å². The molecule has 2 unspecified atom stereocenters. The number of hydrogen-bond donors (Lipinski definition) is 1. The summed E-state index contributed by atoms with van der Waals surface area (Å²) in [6.45, 7) is 9.46. The molecule has 0 aliphatic heterocycles. The molecule has 2 atom stereocenters. The van der Waals surface area contributed by atoms with Crippen molar-refractivity contribution in [2.45, 2.75) is 64.6 Å². The summed E-state index contributed by atoms with van der Waals surface area (Å²) in [5.74, 6) is -0.239. The first kappa shape index (κ1) is 30.7. The maximum Gasteiger partial charge on any atom is 0.264 e. The smallest absolute Gasteiger partial charge is 0.264 e. The van der Waals surface area contributed by atoms with Crippen LogP contribution in [-0.2, 0) is 26.2 Å². The van der Waals surface area contributed by atoms with Gasteiger partial charge < -0.3 is 15.0 Å². The van der Waals surface area contributed by atoms with E-state index in [-0.39, 0.29) is 23.4 Å². The Bertz CT molecular complexity index is 1380. The molecule has 1 N–H and O–H groups in total. The first-order valence-electron chi connectivity index (χ1n) is 13.5. The Balaban J connectivity index is 1.99. The van der Waals surface area contributed by atoms with Gasteiger partial charge in [0.05, 0.1) is 17.2 Å². The zero-order chi connectivity index (χ0) is 29.3. The summed E-state index contributed by atoms with van der Waals surface area (Å²) in [4.78, 5) is 28.5. The maximum absolute atomic E-state index is 14.0. The lowest BCUT2D eigenvalue weighted by molar-refractivity contribution is -0.139. The minimum absolute atomic E-state index is 0.0282. The summed E-state index contributed by atoms with van der Waals surface area (Å²) >= 11 is 0. The third-order valence-electron chi connectivity index (χ3n) is 6.65. The zero-order valence-corrected chi connectivity index (χ0v) is 24.6. The van der Waals surface area contributed by atoms with Gasteiger partial charge in [-0.3, -0.25) is 13.9 Å². The Morgan fingerprint density at radius 1 is 0.925 bits per heavy atom. The van der Waals surface area contributed by atoms with Crippen molar-refractivity contribution < 1.29 is 22.7 Å². The highest BCUT2D eigenvalue weighted by atomic mass is 32.2. The number of rotatable bonds is 13. The number of benzene rings is 3. The Morgan fingerprint density at radius 3 is 2.20 bits per heavy atom. The minimum Gasteiger partial charge on any atom is -0.494 e. The van der Waals surface area contributed by atoms with E-state index in [4.69, 9.17) is 4.74 Å². The van der Waals surface area contributed by atoms with E-state index in [9.17, 15) is 18.0 Å². The van der Waals surface area contributed by atoms with Gasteiger partial charge in [0, 0.05) is 12.6 Å². The molecule has 9 heteroatoms. The highest BCUT2D eigenvalue weighted by Gasteiger charge is 2.32. The van der Waals surface area contributed by atoms with Gasteiger partial charge >= 0.3 is 0 Å². The number of anilines is 1.